The van der Waals surface area contributed by atoms with Gasteiger partial charge in [0.1, 0.15) is 5.56 Å². The molecule has 1 unspecified atom stereocenters. The summed E-state index contributed by atoms with van der Waals surface area (Å²) in [5, 5.41) is 13.5. The van der Waals surface area contributed by atoms with E-state index in [-0.39, 0.29) is 22.0 Å². The molecule has 11 heteroatoms. The van der Waals surface area contributed by atoms with Gasteiger partial charge in [0.2, 0.25) is 0 Å². The molecule has 160 valence electrons. The van der Waals surface area contributed by atoms with Crippen molar-refractivity contribution >= 4 is 45.8 Å². The van der Waals surface area contributed by atoms with Gasteiger partial charge in [-0.3, -0.25) is 14.9 Å². The third-order valence-corrected chi connectivity index (χ3v) is 4.55. The summed E-state index contributed by atoms with van der Waals surface area (Å²) in [5.74, 6) is -1.49. The fourth-order valence-electron chi connectivity index (χ4n) is 2.65. The smallest absolute Gasteiger partial charge is 0.351 e. The molecule has 0 saturated carbocycles. The van der Waals surface area contributed by atoms with Crippen LogP contribution >= 0.6 is 11.6 Å². The molecule has 1 aromatic heterocycles. The molecule has 10 nitrogen and oxygen atoms in total. The third-order valence-electron chi connectivity index (χ3n) is 4.24. The van der Waals surface area contributed by atoms with Gasteiger partial charge in [-0.25, -0.2) is 9.59 Å². The number of hydrogen-bond donors (Lipinski definition) is 1. The molecule has 0 fully saturated rings. The van der Waals surface area contributed by atoms with Crippen molar-refractivity contribution in [2.75, 3.05) is 12.4 Å². The zero-order chi connectivity index (χ0) is 22.7. The molecule has 1 amide bonds. The van der Waals surface area contributed by atoms with Crippen LogP contribution in [0.2, 0.25) is 5.02 Å². The predicted octanol–water partition coefficient (Wildman–Crippen LogP) is 3.55. The van der Waals surface area contributed by atoms with Crippen LogP contribution in [0.4, 0.5) is 11.4 Å². The average molecular weight is 447 g/mol. The molecule has 1 N–H and O–H groups in total. The van der Waals surface area contributed by atoms with Crippen LogP contribution in [0, 0.1) is 10.1 Å². The maximum Gasteiger partial charge on any atom is 0.351 e. The predicted molar refractivity (Wildman–Crippen MR) is 111 cm³/mol. The van der Waals surface area contributed by atoms with E-state index in [4.69, 9.17) is 25.5 Å². The molecular formula is C20H15ClN2O8. The summed E-state index contributed by atoms with van der Waals surface area (Å²) in [5.41, 5.74) is -1.33. The largest absolute Gasteiger partial charge is 0.493 e. The maximum atomic E-state index is 12.4. The number of methoxy groups -OCH3 is 1. The zero-order valence-electron chi connectivity index (χ0n) is 16.2. The first kappa shape index (κ1) is 21.8. The Hall–Kier alpha value is -3.92. The van der Waals surface area contributed by atoms with Crippen molar-refractivity contribution in [1.29, 1.82) is 0 Å². The third kappa shape index (κ3) is 4.64. The molecule has 0 saturated heterocycles. The van der Waals surface area contributed by atoms with Crippen LogP contribution in [0.3, 0.4) is 0 Å². The molecule has 0 aliphatic heterocycles. The first-order valence-electron chi connectivity index (χ1n) is 8.78. The van der Waals surface area contributed by atoms with Gasteiger partial charge in [-0.15, -0.1) is 0 Å². The van der Waals surface area contributed by atoms with Gasteiger partial charge in [0, 0.05) is 17.5 Å². The molecule has 0 spiro atoms. The van der Waals surface area contributed by atoms with Crippen LogP contribution < -0.4 is 15.7 Å². The highest BCUT2D eigenvalue weighted by atomic mass is 35.5. The Labute approximate surface area is 179 Å². The minimum absolute atomic E-state index is 0.0646. The van der Waals surface area contributed by atoms with Crippen LogP contribution in [0.25, 0.3) is 11.0 Å². The fourth-order valence-corrected chi connectivity index (χ4v) is 2.87. The number of anilines is 1. The van der Waals surface area contributed by atoms with E-state index in [1.54, 1.807) is 18.2 Å². The van der Waals surface area contributed by atoms with Crippen molar-refractivity contribution in [3.8, 4) is 5.75 Å². The van der Waals surface area contributed by atoms with E-state index in [9.17, 15) is 24.5 Å². The van der Waals surface area contributed by atoms with Gasteiger partial charge in [0.05, 0.1) is 22.7 Å². The highest BCUT2D eigenvalue weighted by Gasteiger charge is 2.23. The second-order valence-electron chi connectivity index (χ2n) is 6.28. The van der Waals surface area contributed by atoms with Crippen molar-refractivity contribution < 1.29 is 28.4 Å². The van der Waals surface area contributed by atoms with Gasteiger partial charge in [-0.2, -0.15) is 0 Å². The van der Waals surface area contributed by atoms with E-state index in [2.05, 4.69) is 5.32 Å². The number of rotatable bonds is 6. The van der Waals surface area contributed by atoms with E-state index in [1.165, 1.54) is 26.2 Å². The van der Waals surface area contributed by atoms with Crippen molar-refractivity contribution in [3.05, 3.63) is 73.6 Å². The number of para-hydroxylation sites is 1. The summed E-state index contributed by atoms with van der Waals surface area (Å²) in [4.78, 5) is 47.1. The van der Waals surface area contributed by atoms with E-state index in [1.807, 2.05) is 0 Å². The number of carbonyl (C=O) groups excluding carboxylic acids is 2. The molecule has 0 aliphatic rings. The number of non-ortho nitro benzene ring substituents is 1. The Balaban J connectivity index is 1.76. The second-order valence-corrected chi connectivity index (χ2v) is 6.69. The summed E-state index contributed by atoms with van der Waals surface area (Å²) in [6, 6.07) is 9.63. The number of nitrogens with one attached hydrogen (secondary N) is 1. The van der Waals surface area contributed by atoms with Crippen molar-refractivity contribution in [1.82, 2.24) is 0 Å². The molecule has 0 aliphatic carbocycles. The summed E-state index contributed by atoms with van der Waals surface area (Å²) < 4.78 is 15.3. The fraction of sp³-hybridized carbons (Fsp3) is 0.150. The highest BCUT2D eigenvalue weighted by molar-refractivity contribution is 6.34. The van der Waals surface area contributed by atoms with Crippen molar-refractivity contribution in [3.63, 3.8) is 0 Å². The second kappa shape index (κ2) is 8.84. The number of fused-ring (bicyclic) bond motifs is 1. The van der Waals surface area contributed by atoms with Gasteiger partial charge in [-0.1, -0.05) is 23.7 Å². The van der Waals surface area contributed by atoms with Crippen LogP contribution in [0.15, 0.2) is 51.7 Å². The van der Waals surface area contributed by atoms with Crippen LogP contribution in [-0.4, -0.2) is 30.0 Å². The van der Waals surface area contributed by atoms with Crippen LogP contribution in [0.5, 0.6) is 5.75 Å². The number of hydrogen-bond acceptors (Lipinski definition) is 8. The van der Waals surface area contributed by atoms with Crippen molar-refractivity contribution in [2.24, 2.45) is 0 Å². The van der Waals surface area contributed by atoms with Gasteiger partial charge < -0.3 is 19.2 Å². The molecule has 1 atom stereocenters. The Morgan fingerprint density at radius 1 is 1.23 bits per heavy atom. The van der Waals surface area contributed by atoms with Gasteiger partial charge >= 0.3 is 11.6 Å². The molecule has 0 bridgehead atoms. The van der Waals surface area contributed by atoms with Crippen molar-refractivity contribution in [2.45, 2.75) is 13.0 Å². The molecule has 2 aromatic carbocycles. The quantitative estimate of drug-likeness (QED) is 0.262. The number of esters is 1. The number of nitrogens with zero attached hydrogens (tertiary/aromatic N) is 1. The summed E-state index contributed by atoms with van der Waals surface area (Å²) >= 11 is 5.93. The van der Waals surface area contributed by atoms with Crippen LogP contribution in [-0.2, 0) is 9.53 Å². The lowest BCUT2D eigenvalue weighted by Gasteiger charge is -2.14. The van der Waals surface area contributed by atoms with E-state index in [0.29, 0.717) is 11.1 Å². The number of benzene rings is 2. The monoisotopic (exact) mass is 446 g/mol. The van der Waals surface area contributed by atoms with Gasteiger partial charge in [0.15, 0.2) is 17.4 Å². The number of amides is 1. The van der Waals surface area contributed by atoms with E-state index < -0.39 is 34.1 Å². The summed E-state index contributed by atoms with van der Waals surface area (Å²) in [6.07, 6.45) is -1.31. The molecule has 0 radical (unpaired) electrons. The molecule has 3 aromatic rings. The Morgan fingerprint density at radius 2 is 1.97 bits per heavy atom. The standard InChI is InChI=1S/C20H15ClN2O8/c1-10(18(24)22-15-7-6-12(23(27)28)9-14(15)21)30-19(25)13-8-11-4-3-5-16(29-2)17(11)31-20(13)26/h3-10H,1-2H3,(H,22,24). The molecule has 1 heterocycles. The lowest BCUT2D eigenvalue weighted by atomic mass is 10.1. The summed E-state index contributed by atoms with van der Waals surface area (Å²) in [7, 11) is 1.41. The van der Waals surface area contributed by atoms with E-state index in [0.717, 1.165) is 12.1 Å². The molecule has 3 rings (SSSR count). The number of halogens is 1. The Kier molecular flexibility index (Phi) is 6.21. The van der Waals surface area contributed by atoms with Crippen LogP contribution in [0.1, 0.15) is 17.3 Å². The first-order valence-corrected chi connectivity index (χ1v) is 9.15. The minimum Gasteiger partial charge on any atom is -0.493 e. The number of carbonyl (C=O) groups is 2. The minimum atomic E-state index is -1.31. The lowest BCUT2D eigenvalue weighted by molar-refractivity contribution is -0.384. The average Bonchev–Trinajstić information content (AvgIpc) is 2.73. The normalized spacial score (nSPS) is 11.6. The zero-order valence-corrected chi connectivity index (χ0v) is 17.0. The Morgan fingerprint density at radius 3 is 2.61 bits per heavy atom. The topological polar surface area (TPSA) is 138 Å². The SMILES string of the molecule is COc1cccc2cc(C(=O)OC(C)C(=O)Nc3ccc([N+](=O)[O-])cc3Cl)c(=O)oc12. The number of nitro groups is 1. The maximum absolute atomic E-state index is 12.4. The first-order chi connectivity index (χ1) is 14.7. The number of ether oxygens (including phenoxy) is 2. The molecular weight excluding hydrogens is 432 g/mol. The molecule has 31 heavy (non-hydrogen) atoms. The van der Waals surface area contributed by atoms with Gasteiger partial charge in [-0.05, 0) is 25.1 Å². The van der Waals surface area contributed by atoms with E-state index >= 15 is 0 Å². The highest BCUT2D eigenvalue weighted by Crippen LogP contribution is 2.27. The summed E-state index contributed by atoms with van der Waals surface area (Å²) in [6.45, 7) is 1.29. The number of nitro benzene ring substituents is 1. The lowest BCUT2D eigenvalue weighted by Crippen LogP contribution is -2.31. The van der Waals surface area contributed by atoms with Gasteiger partial charge in [0.25, 0.3) is 11.6 Å². The Bertz CT molecular complexity index is 1250.